The van der Waals surface area contributed by atoms with E-state index in [1.54, 1.807) is 0 Å². The van der Waals surface area contributed by atoms with E-state index in [-0.39, 0.29) is 24.3 Å². The van der Waals surface area contributed by atoms with Crippen LogP contribution in [0.15, 0.2) is 24.3 Å². The van der Waals surface area contributed by atoms with Crippen molar-refractivity contribution in [1.82, 2.24) is 4.90 Å². The Bertz CT molecular complexity index is 556. The number of nitrogens with zero attached hydrogens (tertiary/aromatic N) is 1. The number of anilines is 1. The highest BCUT2D eigenvalue weighted by molar-refractivity contribution is 14.1. The summed E-state index contributed by atoms with van der Waals surface area (Å²) < 4.78 is 14.7. The summed E-state index contributed by atoms with van der Waals surface area (Å²) in [6.07, 6.45) is 0.703. The lowest BCUT2D eigenvalue weighted by Gasteiger charge is -2.34. The summed E-state index contributed by atoms with van der Waals surface area (Å²) in [5.41, 5.74) is 1.69. The van der Waals surface area contributed by atoms with E-state index in [0.717, 1.165) is 17.7 Å². The monoisotopic (exact) mass is 416 g/mol. The highest BCUT2D eigenvalue weighted by Crippen LogP contribution is 2.42. The highest BCUT2D eigenvalue weighted by Gasteiger charge is 2.49. The van der Waals surface area contributed by atoms with E-state index < -0.39 is 5.60 Å². The van der Waals surface area contributed by atoms with Gasteiger partial charge >= 0.3 is 6.09 Å². The van der Waals surface area contributed by atoms with Gasteiger partial charge in [0.1, 0.15) is 11.7 Å². The molecule has 2 saturated heterocycles. The van der Waals surface area contributed by atoms with E-state index in [1.165, 1.54) is 0 Å². The van der Waals surface area contributed by atoms with Gasteiger partial charge in [-0.25, -0.2) is 4.79 Å². The second-order valence-electron chi connectivity index (χ2n) is 6.83. The molecule has 1 N–H and O–H groups in total. The molecule has 1 aromatic rings. The van der Waals surface area contributed by atoms with Gasteiger partial charge in [-0.15, -0.1) is 0 Å². The van der Waals surface area contributed by atoms with Crippen molar-refractivity contribution in [1.29, 1.82) is 0 Å². The van der Waals surface area contributed by atoms with Gasteiger partial charge in [0.2, 0.25) is 0 Å². The lowest BCUT2D eigenvalue weighted by Crippen LogP contribution is -2.45. The second kappa shape index (κ2) is 5.88. The first-order valence-corrected chi connectivity index (χ1v) is 8.57. The Balaban J connectivity index is 1.74. The van der Waals surface area contributed by atoms with Crippen LogP contribution in [0.25, 0.3) is 0 Å². The number of halogens is 1. The standard InChI is InChI=1S/C16H21IN2O3/c1-16(2,3)22-15(20)19-9-12-8-13(19)14(21-12)10-4-6-11(18-17)7-5-10/h4-7,12-14,18H,8-9H2,1-3H3. The molecule has 2 bridgehead atoms. The molecule has 1 aromatic carbocycles. The van der Waals surface area contributed by atoms with Crippen LogP contribution in [0.3, 0.4) is 0 Å². The molecule has 2 aliphatic heterocycles. The first-order valence-electron chi connectivity index (χ1n) is 7.49. The van der Waals surface area contributed by atoms with Crippen LogP contribution < -0.4 is 3.53 Å². The normalized spacial score (nSPS) is 27.1. The molecule has 0 aromatic heterocycles. The van der Waals surface area contributed by atoms with E-state index in [1.807, 2.05) is 37.8 Å². The second-order valence-corrected chi connectivity index (χ2v) is 7.37. The van der Waals surface area contributed by atoms with Crippen LogP contribution >= 0.6 is 22.9 Å². The Morgan fingerprint density at radius 3 is 2.59 bits per heavy atom. The molecular weight excluding hydrogens is 395 g/mol. The van der Waals surface area contributed by atoms with Gasteiger partial charge in [0, 0.05) is 5.69 Å². The number of hydrogen-bond acceptors (Lipinski definition) is 4. The molecule has 120 valence electrons. The summed E-state index contributed by atoms with van der Waals surface area (Å²) in [4.78, 5) is 14.2. The third-order valence-electron chi connectivity index (χ3n) is 3.97. The topological polar surface area (TPSA) is 50.8 Å². The van der Waals surface area contributed by atoms with Crippen molar-refractivity contribution in [2.24, 2.45) is 0 Å². The molecule has 2 heterocycles. The number of carbonyl (C=O) groups is 1. The smallest absolute Gasteiger partial charge is 0.410 e. The van der Waals surface area contributed by atoms with E-state index in [0.29, 0.717) is 6.54 Å². The van der Waals surface area contributed by atoms with Gasteiger partial charge in [0.25, 0.3) is 0 Å². The van der Waals surface area contributed by atoms with Gasteiger partial charge in [-0.2, -0.15) is 0 Å². The molecule has 1 amide bonds. The first kappa shape index (κ1) is 15.9. The zero-order valence-corrected chi connectivity index (χ0v) is 15.2. The summed E-state index contributed by atoms with van der Waals surface area (Å²) >= 11 is 2.11. The number of rotatable bonds is 2. The predicted octanol–water partition coefficient (Wildman–Crippen LogP) is 3.90. The van der Waals surface area contributed by atoms with Crippen LogP contribution in [0.5, 0.6) is 0 Å². The maximum absolute atomic E-state index is 12.4. The first-order chi connectivity index (χ1) is 10.4. The SMILES string of the molecule is CC(C)(C)OC(=O)N1CC2CC1C(c1ccc(NI)cc1)O2. The van der Waals surface area contributed by atoms with Gasteiger partial charge in [-0.1, -0.05) is 12.1 Å². The fraction of sp³-hybridized carbons (Fsp3) is 0.562. The highest BCUT2D eigenvalue weighted by atomic mass is 127. The molecule has 3 rings (SSSR count). The summed E-state index contributed by atoms with van der Waals surface area (Å²) in [6, 6.07) is 8.22. The van der Waals surface area contributed by atoms with Gasteiger partial charge in [-0.3, -0.25) is 4.90 Å². The molecule has 2 aliphatic rings. The van der Waals surface area contributed by atoms with Crippen molar-refractivity contribution < 1.29 is 14.3 Å². The fourth-order valence-electron chi connectivity index (χ4n) is 3.08. The van der Waals surface area contributed by atoms with Crippen molar-refractivity contribution in [3.05, 3.63) is 29.8 Å². The number of benzene rings is 1. The minimum Gasteiger partial charge on any atom is -0.444 e. The van der Waals surface area contributed by atoms with Crippen LogP contribution in [0.1, 0.15) is 38.9 Å². The van der Waals surface area contributed by atoms with E-state index in [4.69, 9.17) is 9.47 Å². The quantitative estimate of drug-likeness (QED) is 0.587. The Morgan fingerprint density at radius 1 is 1.36 bits per heavy atom. The van der Waals surface area contributed by atoms with Crippen molar-refractivity contribution in [3.63, 3.8) is 0 Å². The van der Waals surface area contributed by atoms with E-state index in [9.17, 15) is 4.79 Å². The van der Waals surface area contributed by atoms with E-state index >= 15 is 0 Å². The van der Waals surface area contributed by atoms with Crippen molar-refractivity contribution in [2.75, 3.05) is 10.1 Å². The minimum atomic E-state index is -0.469. The molecule has 0 spiro atoms. The number of ether oxygens (including phenoxy) is 2. The van der Waals surface area contributed by atoms with Gasteiger partial charge in [0.15, 0.2) is 0 Å². The molecule has 5 nitrogen and oxygen atoms in total. The van der Waals surface area contributed by atoms with Gasteiger partial charge in [0.05, 0.1) is 41.6 Å². The largest absolute Gasteiger partial charge is 0.444 e. The molecule has 0 saturated carbocycles. The molecule has 3 atom stereocenters. The summed E-state index contributed by atoms with van der Waals surface area (Å²) in [5.74, 6) is 0. The average Bonchev–Trinajstić information content (AvgIpc) is 3.06. The predicted molar refractivity (Wildman–Crippen MR) is 93.0 cm³/mol. The lowest BCUT2D eigenvalue weighted by atomic mass is 10.0. The number of carbonyl (C=O) groups excluding carboxylic acids is 1. The average molecular weight is 416 g/mol. The van der Waals surface area contributed by atoms with Crippen molar-refractivity contribution in [3.8, 4) is 0 Å². The Morgan fingerprint density at radius 2 is 2.05 bits per heavy atom. The Kier molecular flexibility index (Phi) is 4.24. The fourth-order valence-corrected chi connectivity index (χ4v) is 3.44. The third kappa shape index (κ3) is 3.17. The maximum atomic E-state index is 12.4. The number of fused-ring (bicyclic) bond motifs is 2. The zero-order valence-electron chi connectivity index (χ0n) is 13.0. The zero-order chi connectivity index (χ0) is 15.9. The number of likely N-dealkylation sites (tertiary alicyclic amines) is 1. The Labute approximate surface area is 144 Å². The molecule has 0 radical (unpaired) electrons. The summed E-state index contributed by atoms with van der Waals surface area (Å²) in [7, 11) is 0. The lowest BCUT2D eigenvalue weighted by molar-refractivity contribution is -0.0467. The Hall–Kier alpha value is -1.02. The molecule has 3 unspecified atom stereocenters. The van der Waals surface area contributed by atoms with E-state index in [2.05, 4.69) is 38.5 Å². The number of amides is 1. The number of nitrogens with one attached hydrogen (secondary N) is 1. The van der Waals surface area contributed by atoms with Crippen LogP contribution in [0.4, 0.5) is 10.5 Å². The number of morpholine rings is 1. The molecular formula is C16H21IN2O3. The van der Waals surface area contributed by atoms with Crippen LogP contribution in [0.2, 0.25) is 0 Å². The molecule has 0 aliphatic carbocycles. The molecule has 6 heteroatoms. The van der Waals surface area contributed by atoms with Crippen LogP contribution in [-0.2, 0) is 9.47 Å². The maximum Gasteiger partial charge on any atom is 0.410 e. The van der Waals surface area contributed by atoms with Crippen LogP contribution in [-0.4, -0.2) is 35.3 Å². The van der Waals surface area contributed by atoms with Crippen LogP contribution in [0, 0.1) is 0 Å². The third-order valence-corrected chi connectivity index (χ3v) is 4.59. The molecule has 22 heavy (non-hydrogen) atoms. The van der Waals surface area contributed by atoms with Crippen molar-refractivity contribution >= 4 is 34.6 Å². The minimum absolute atomic E-state index is 0.0606. The number of hydrogen-bond donors (Lipinski definition) is 1. The summed E-state index contributed by atoms with van der Waals surface area (Å²) in [5, 5.41) is 0. The van der Waals surface area contributed by atoms with Gasteiger partial charge in [-0.05, 0) is 44.9 Å². The van der Waals surface area contributed by atoms with Gasteiger partial charge < -0.3 is 13.0 Å². The molecule has 2 fully saturated rings. The van der Waals surface area contributed by atoms with Crippen molar-refractivity contribution in [2.45, 2.75) is 51.0 Å². The summed E-state index contributed by atoms with van der Waals surface area (Å²) in [6.45, 7) is 6.30.